The number of nitriles is 1. The van der Waals surface area contributed by atoms with Crippen LogP contribution in [0.25, 0.3) is 0 Å². The number of rotatable bonds is 4. The molecule has 106 valence electrons. The van der Waals surface area contributed by atoms with Gasteiger partial charge >= 0.3 is 0 Å². The first-order valence-corrected chi connectivity index (χ1v) is 6.35. The van der Waals surface area contributed by atoms with E-state index < -0.39 is 11.7 Å². The molecule has 0 aliphatic heterocycles. The van der Waals surface area contributed by atoms with Crippen molar-refractivity contribution in [3.8, 4) is 11.8 Å². The third kappa shape index (κ3) is 3.94. The van der Waals surface area contributed by atoms with Crippen molar-refractivity contribution in [1.82, 2.24) is 0 Å². The molecule has 0 radical (unpaired) electrons. The number of anilines is 1. The van der Waals surface area contributed by atoms with Gasteiger partial charge in [-0.15, -0.1) is 0 Å². The lowest BCUT2D eigenvalue weighted by molar-refractivity contribution is -0.118. The van der Waals surface area contributed by atoms with Crippen LogP contribution in [-0.4, -0.2) is 12.5 Å². The van der Waals surface area contributed by atoms with Crippen molar-refractivity contribution in [3.63, 3.8) is 0 Å². The molecule has 0 bridgehead atoms. The Bertz CT molecular complexity index is 713. The molecule has 2 aromatic carbocycles. The second-order valence-corrected chi connectivity index (χ2v) is 4.51. The Hall–Kier alpha value is -2.58. The zero-order valence-corrected chi connectivity index (χ0v) is 11.5. The Labute approximate surface area is 125 Å². The Balaban J connectivity index is 1.98. The van der Waals surface area contributed by atoms with Gasteiger partial charge in [-0.25, -0.2) is 4.39 Å². The first-order chi connectivity index (χ1) is 10.1. The fraction of sp³-hybridized carbons (Fsp3) is 0.0667. The lowest BCUT2D eigenvalue weighted by Gasteiger charge is -2.09. The van der Waals surface area contributed by atoms with E-state index in [4.69, 9.17) is 21.6 Å². The average Bonchev–Trinajstić information content (AvgIpc) is 2.48. The summed E-state index contributed by atoms with van der Waals surface area (Å²) in [6.07, 6.45) is 0. The summed E-state index contributed by atoms with van der Waals surface area (Å²) in [5.41, 5.74) is 0.338. The van der Waals surface area contributed by atoms with Gasteiger partial charge in [0.1, 0.15) is 17.6 Å². The van der Waals surface area contributed by atoms with E-state index in [2.05, 4.69) is 5.32 Å². The van der Waals surface area contributed by atoms with Gasteiger partial charge in [-0.2, -0.15) is 5.26 Å². The fourth-order valence-electron chi connectivity index (χ4n) is 1.61. The van der Waals surface area contributed by atoms with Crippen molar-refractivity contribution in [2.75, 3.05) is 11.9 Å². The Morgan fingerprint density at radius 3 is 2.81 bits per heavy atom. The van der Waals surface area contributed by atoms with Gasteiger partial charge in [0, 0.05) is 5.02 Å². The van der Waals surface area contributed by atoms with E-state index in [-0.39, 0.29) is 17.3 Å². The van der Waals surface area contributed by atoms with Gasteiger partial charge in [0.2, 0.25) is 0 Å². The Kier molecular flexibility index (Phi) is 4.75. The van der Waals surface area contributed by atoms with Gasteiger partial charge in [0.05, 0.1) is 11.3 Å². The van der Waals surface area contributed by atoms with Gasteiger partial charge < -0.3 is 10.1 Å². The van der Waals surface area contributed by atoms with Crippen LogP contribution in [0.2, 0.25) is 5.02 Å². The summed E-state index contributed by atoms with van der Waals surface area (Å²) in [6, 6.07) is 12.4. The van der Waals surface area contributed by atoms with Gasteiger partial charge in [-0.3, -0.25) is 4.79 Å². The molecular formula is C15H10ClFN2O2. The minimum Gasteiger partial charge on any atom is -0.482 e. The molecule has 0 fully saturated rings. The molecule has 4 nitrogen and oxygen atoms in total. The summed E-state index contributed by atoms with van der Waals surface area (Å²) in [6.45, 7) is -0.333. The monoisotopic (exact) mass is 304 g/mol. The minimum absolute atomic E-state index is 0.0153. The highest BCUT2D eigenvalue weighted by molar-refractivity contribution is 6.30. The third-order valence-electron chi connectivity index (χ3n) is 2.57. The molecule has 0 saturated heterocycles. The Morgan fingerprint density at radius 1 is 1.33 bits per heavy atom. The number of carbonyl (C=O) groups is 1. The highest BCUT2D eigenvalue weighted by Gasteiger charge is 2.09. The first-order valence-electron chi connectivity index (χ1n) is 5.97. The number of para-hydroxylation sites is 1. The molecule has 1 amide bonds. The molecule has 0 spiro atoms. The lowest BCUT2D eigenvalue weighted by Crippen LogP contribution is -2.21. The number of carbonyl (C=O) groups excluding carboxylic acids is 1. The zero-order valence-electron chi connectivity index (χ0n) is 10.8. The largest absolute Gasteiger partial charge is 0.482 e. The van der Waals surface area contributed by atoms with E-state index in [1.54, 1.807) is 24.3 Å². The van der Waals surface area contributed by atoms with Crippen LogP contribution in [0.15, 0.2) is 42.5 Å². The maximum atomic E-state index is 13.5. The summed E-state index contributed by atoms with van der Waals surface area (Å²) in [7, 11) is 0. The average molecular weight is 305 g/mol. The van der Waals surface area contributed by atoms with Crippen LogP contribution in [0, 0.1) is 17.1 Å². The van der Waals surface area contributed by atoms with E-state index in [0.29, 0.717) is 11.3 Å². The van der Waals surface area contributed by atoms with E-state index in [1.807, 2.05) is 6.07 Å². The van der Waals surface area contributed by atoms with Crippen LogP contribution in [0.5, 0.6) is 5.75 Å². The van der Waals surface area contributed by atoms with Gasteiger partial charge in [0.25, 0.3) is 5.91 Å². The predicted molar refractivity (Wildman–Crippen MR) is 76.7 cm³/mol. The van der Waals surface area contributed by atoms with E-state index in [9.17, 15) is 9.18 Å². The molecule has 0 aliphatic carbocycles. The van der Waals surface area contributed by atoms with Crippen molar-refractivity contribution in [2.24, 2.45) is 0 Å². The summed E-state index contributed by atoms with van der Waals surface area (Å²) < 4.78 is 18.8. The van der Waals surface area contributed by atoms with Crippen LogP contribution in [-0.2, 0) is 4.79 Å². The third-order valence-corrected chi connectivity index (χ3v) is 2.81. The quantitative estimate of drug-likeness (QED) is 0.942. The summed E-state index contributed by atoms with van der Waals surface area (Å²) >= 11 is 5.62. The number of hydrogen-bond acceptors (Lipinski definition) is 3. The number of nitrogens with one attached hydrogen (secondary N) is 1. The molecule has 6 heteroatoms. The van der Waals surface area contributed by atoms with Crippen molar-refractivity contribution in [3.05, 3.63) is 58.9 Å². The molecule has 1 N–H and O–H groups in total. The number of amides is 1. The molecule has 21 heavy (non-hydrogen) atoms. The van der Waals surface area contributed by atoms with Crippen LogP contribution < -0.4 is 10.1 Å². The topological polar surface area (TPSA) is 62.1 Å². The summed E-state index contributed by atoms with van der Waals surface area (Å²) in [5, 5.41) is 11.5. The molecule has 0 aromatic heterocycles. The van der Waals surface area contributed by atoms with Crippen molar-refractivity contribution in [2.45, 2.75) is 0 Å². The number of nitrogens with zero attached hydrogens (tertiary/aromatic N) is 1. The zero-order chi connectivity index (χ0) is 15.2. The Morgan fingerprint density at radius 2 is 2.10 bits per heavy atom. The maximum absolute atomic E-state index is 13.5. The standard InChI is InChI=1S/C15H10ClFN2O2/c16-11-5-6-13(12(17)7-11)19-15(20)9-21-14-4-2-1-3-10(14)8-18/h1-7H,9H2,(H,19,20). The molecule has 0 unspecified atom stereocenters. The molecular weight excluding hydrogens is 295 g/mol. The smallest absolute Gasteiger partial charge is 0.262 e. The second kappa shape index (κ2) is 6.73. The molecule has 0 heterocycles. The molecule has 0 atom stereocenters. The number of ether oxygens (including phenoxy) is 1. The van der Waals surface area contributed by atoms with Crippen molar-refractivity contribution >= 4 is 23.2 Å². The lowest BCUT2D eigenvalue weighted by atomic mass is 10.2. The first kappa shape index (κ1) is 14.8. The normalized spacial score (nSPS) is 9.76. The van der Waals surface area contributed by atoms with E-state index in [0.717, 1.165) is 6.07 Å². The molecule has 0 aliphatic rings. The van der Waals surface area contributed by atoms with E-state index >= 15 is 0 Å². The van der Waals surface area contributed by atoms with Crippen LogP contribution >= 0.6 is 11.6 Å². The summed E-state index contributed by atoms with van der Waals surface area (Å²) in [5.74, 6) is -0.871. The van der Waals surface area contributed by atoms with Crippen LogP contribution in [0.1, 0.15) is 5.56 Å². The van der Waals surface area contributed by atoms with Gasteiger partial charge in [-0.1, -0.05) is 23.7 Å². The summed E-state index contributed by atoms with van der Waals surface area (Å²) in [4.78, 5) is 11.7. The highest BCUT2D eigenvalue weighted by Crippen LogP contribution is 2.19. The fourth-order valence-corrected chi connectivity index (χ4v) is 1.76. The predicted octanol–water partition coefficient (Wildman–Crippen LogP) is 3.37. The second-order valence-electron chi connectivity index (χ2n) is 4.07. The highest BCUT2D eigenvalue weighted by atomic mass is 35.5. The van der Waals surface area contributed by atoms with Crippen LogP contribution in [0.4, 0.5) is 10.1 Å². The molecule has 2 aromatic rings. The number of halogens is 2. The van der Waals surface area contributed by atoms with Crippen molar-refractivity contribution in [1.29, 1.82) is 5.26 Å². The van der Waals surface area contributed by atoms with Crippen molar-refractivity contribution < 1.29 is 13.9 Å². The van der Waals surface area contributed by atoms with E-state index in [1.165, 1.54) is 12.1 Å². The van der Waals surface area contributed by atoms with Gasteiger partial charge in [-0.05, 0) is 30.3 Å². The molecule has 2 rings (SSSR count). The molecule has 0 saturated carbocycles. The van der Waals surface area contributed by atoms with Crippen LogP contribution in [0.3, 0.4) is 0 Å². The SMILES string of the molecule is N#Cc1ccccc1OCC(=O)Nc1ccc(Cl)cc1F. The maximum Gasteiger partial charge on any atom is 0.262 e. The number of hydrogen-bond donors (Lipinski definition) is 1. The number of benzene rings is 2. The minimum atomic E-state index is -0.631. The van der Waals surface area contributed by atoms with Gasteiger partial charge in [0.15, 0.2) is 6.61 Å².